The zero-order chi connectivity index (χ0) is 22.1. The van der Waals surface area contributed by atoms with Gasteiger partial charge in [0, 0.05) is 10.0 Å². The molecule has 2 aromatic carbocycles. The Morgan fingerprint density at radius 1 is 1.20 bits per heavy atom. The van der Waals surface area contributed by atoms with E-state index in [0.29, 0.717) is 33.7 Å². The first-order valence-corrected chi connectivity index (χ1v) is 9.48. The number of rotatable bonds is 7. The van der Waals surface area contributed by atoms with Crippen LogP contribution in [0.1, 0.15) is 23.6 Å². The topological polar surface area (TPSA) is 138 Å². The van der Waals surface area contributed by atoms with Crippen molar-refractivity contribution in [2.75, 3.05) is 6.61 Å². The molecular weight excluding hydrogens is 452 g/mol. The highest BCUT2D eigenvalue weighted by Gasteiger charge is 2.15. The number of amides is 3. The number of nitrogens with one attached hydrogen (secondary N) is 1. The second-order valence-electron chi connectivity index (χ2n) is 5.80. The van der Waals surface area contributed by atoms with E-state index in [4.69, 9.17) is 15.2 Å². The van der Waals surface area contributed by atoms with Gasteiger partial charge in [0.1, 0.15) is 18.2 Å². The summed E-state index contributed by atoms with van der Waals surface area (Å²) in [6, 6.07) is 13.1. The molecule has 0 aliphatic rings. The Kier molecular flexibility index (Phi) is 7.98. The van der Waals surface area contributed by atoms with E-state index in [1.54, 1.807) is 43.3 Å². The molecule has 2 rings (SSSR count). The van der Waals surface area contributed by atoms with E-state index in [1.165, 1.54) is 6.08 Å². The molecule has 0 spiro atoms. The van der Waals surface area contributed by atoms with Gasteiger partial charge in [-0.05, 0) is 36.8 Å². The lowest BCUT2D eigenvalue weighted by atomic mass is 10.1. The monoisotopic (exact) mass is 468 g/mol. The standard InChI is InChI=1S/C21H17BrN4O4/c1-2-29-18-8-15(7-16(11-24)20(27)26-21(25)28)17(22)9-19(18)30-12-14-6-4-3-5-13(14)10-23/h3-9H,2,12H2,1H3,(H3,25,26,27,28)/b16-7-. The average molecular weight is 469 g/mol. The predicted octanol–water partition coefficient (Wildman–Crippen LogP) is 3.40. The van der Waals surface area contributed by atoms with Crippen molar-refractivity contribution >= 4 is 33.9 Å². The molecule has 3 amide bonds. The van der Waals surface area contributed by atoms with Gasteiger partial charge in [-0.25, -0.2) is 4.79 Å². The summed E-state index contributed by atoms with van der Waals surface area (Å²) in [5.41, 5.74) is 6.29. The third-order valence-corrected chi connectivity index (χ3v) is 4.47. The van der Waals surface area contributed by atoms with E-state index < -0.39 is 11.9 Å². The van der Waals surface area contributed by atoms with Crippen molar-refractivity contribution in [2.45, 2.75) is 13.5 Å². The number of imide groups is 1. The van der Waals surface area contributed by atoms with E-state index in [-0.39, 0.29) is 12.2 Å². The van der Waals surface area contributed by atoms with Crippen molar-refractivity contribution in [2.24, 2.45) is 5.73 Å². The molecule has 30 heavy (non-hydrogen) atoms. The number of nitrogens with two attached hydrogens (primary N) is 1. The van der Waals surface area contributed by atoms with Crippen LogP contribution in [-0.4, -0.2) is 18.5 Å². The fourth-order valence-electron chi connectivity index (χ4n) is 2.44. The summed E-state index contributed by atoms with van der Waals surface area (Å²) in [5.74, 6) is -0.119. The van der Waals surface area contributed by atoms with Crippen LogP contribution in [-0.2, 0) is 11.4 Å². The Labute approximate surface area is 181 Å². The normalized spacial score (nSPS) is 10.5. The number of hydrogen-bond donors (Lipinski definition) is 2. The number of ether oxygens (including phenoxy) is 2. The number of hydrogen-bond acceptors (Lipinski definition) is 6. The first kappa shape index (κ1) is 22.5. The maximum atomic E-state index is 11.9. The van der Waals surface area contributed by atoms with Gasteiger partial charge in [-0.1, -0.05) is 34.1 Å². The van der Waals surface area contributed by atoms with Crippen LogP contribution in [0.2, 0.25) is 0 Å². The van der Waals surface area contributed by atoms with Crippen LogP contribution in [0.5, 0.6) is 11.5 Å². The minimum atomic E-state index is -1.06. The molecule has 0 atom stereocenters. The SMILES string of the molecule is CCOc1cc(/C=C(/C#N)C(=O)NC(N)=O)c(Br)cc1OCc1ccccc1C#N. The van der Waals surface area contributed by atoms with Gasteiger partial charge in [-0.3, -0.25) is 10.1 Å². The van der Waals surface area contributed by atoms with Crippen LogP contribution in [0.15, 0.2) is 46.4 Å². The third-order valence-electron chi connectivity index (χ3n) is 3.79. The first-order chi connectivity index (χ1) is 14.4. The highest BCUT2D eigenvalue weighted by atomic mass is 79.9. The number of halogens is 1. The summed E-state index contributed by atoms with van der Waals surface area (Å²) in [6.07, 6.45) is 1.29. The van der Waals surface area contributed by atoms with Crippen molar-refractivity contribution in [3.05, 3.63) is 63.1 Å². The molecule has 0 bridgehead atoms. The summed E-state index contributed by atoms with van der Waals surface area (Å²) >= 11 is 3.38. The molecule has 0 fully saturated rings. The maximum absolute atomic E-state index is 11.9. The number of nitriles is 2. The van der Waals surface area contributed by atoms with Crippen LogP contribution < -0.4 is 20.5 Å². The van der Waals surface area contributed by atoms with Crippen molar-refractivity contribution in [1.29, 1.82) is 10.5 Å². The van der Waals surface area contributed by atoms with Crippen LogP contribution in [0.25, 0.3) is 6.08 Å². The fraction of sp³-hybridized carbons (Fsp3) is 0.143. The Hall–Kier alpha value is -3.82. The quantitative estimate of drug-likeness (QED) is 0.471. The first-order valence-electron chi connectivity index (χ1n) is 8.69. The van der Waals surface area contributed by atoms with Gasteiger partial charge in [-0.2, -0.15) is 10.5 Å². The molecule has 2 aromatic rings. The number of primary amides is 1. The Bertz CT molecular complexity index is 1080. The Morgan fingerprint density at radius 2 is 1.90 bits per heavy atom. The molecule has 0 heterocycles. The van der Waals surface area contributed by atoms with Crippen LogP contribution in [0.4, 0.5) is 4.79 Å². The number of urea groups is 1. The molecule has 0 unspecified atom stereocenters. The van der Waals surface area contributed by atoms with Crippen molar-refractivity contribution in [3.8, 4) is 23.6 Å². The van der Waals surface area contributed by atoms with Gasteiger partial charge in [0.25, 0.3) is 5.91 Å². The van der Waals surface area contributed by atoms with Gasteiger partial charge in [0.15, 0.2) is 11.5 Å². The van der Waals surface area contributed by atoms with Crippen molar-refractivity contribution in [3.63, 3.8) is 0 Å². The van der Waals surface area contributed by atoms with Gasteiger partial charge < -0.3 is 15.2 Å². The van der Waals surface area contributed by atoms with E-state index >= 15 is 0 Å². The van der Waals surface area contributed by atoms with Crippen molar-refractivity contribution < 1.29 is 19.1 Å². The molecule has 0 aromatic heterocycles. The molecular formula is C21H17BrN4O4. The molecule has 0 aliphatic heterocycles. The average Bonchev–Trinajstić information content (AvgIpc) is 2.72. The second-order valence-corrected chi connectivity index (χ2v) is 6.65. The van der Waals surface area contributed by atoms with Crippen LogP contribution in [0.3, 0.4) is 0 Å². The highest BCUT2D eigenvalue weighted by Crippen LogP contribution is 2.35. The van der Waals surface area contributed by atoms with E-state index in [2.05, 4.69) is 22.0 Å². The minimum Gasteiger partial charge on any atom is -0.490 e. The van der Waals surface area contributed by atoms with E-state index in [0.717, 1.165) is 5.56 Å². The van der Waals surface area contributed by atoms with Crippen LogP contribution >= 0.6 is 15.9 Å². The molecule has 0 saturated heterocycles. The van der Waals surface area contributed by atoms with E-state index in [1.807, 2.05) is 11.4 Å². The van der Waals surface area contributed by atoms with E-state index in [9.17, 15) is 20.1 Å². The smallest absolute Gasteiger partial charge is 0.319 e. The second kappa shape index (κ2) is 10.6. The molecule has 0 radical (unpaired) electrons. The summed E-state index contributed by atoms with van der Waals surface area (Å²) in [6.45, 7) is 2.30. The van der Waals surface area contributed by atoms with Gasteiger partial charge in [-0.15, -0.1) is 0 Å². The number of benzene rings is 2. The molecule has 0 saturated carbocycles. The largest absolute Gasteiger partial charge is 0.490 e. The molecule has 3 N–H and O–H groups in total. The summed E-state index contributed by atoms with van der Waals surface area (Å²) < 4.78 is 12.0. The zero-order valence-corrected chi connectivity index (χ0v) is 17.5. The Balaban J connectivity index is 2.36. The van der Waals surface area contributed by atoms with Crippen molar-refractivity contribution in [1.82, 2.24) is 5.32 Å². The maximum Gasteiger partial charge on any atom is 0.319 e. The summed E-state index contributed by atoms with van der Waals surface area (Å²) in [5, 5.41) is 20.3. The predicted molar refractivity (Wildman–Crippen MR) is 112 cm³/mol. The highest BCUT2D eigenvalue weighted by molar-refractivity contribution is 9.10. The Morgan fingerprint density at radius 3 is 2.53 bits per heavy atom. The molecule has 152 valence electrons. The number of carbonyl (C=O) groups is 2. The molecule has 0 aliphatic carbocycles. The summed E-state index contributed by atoms with van der Waals surface area (Å²) in [4.78, 5) is 22.8. The van der Waals surface area contributed by atoms with Crippen LogP contribution in [0, 0.1) is 22.7 Å². The number of carbonyl (C=O) groups excluding carboxylic acids is 2. The molecule has 9 heteroatoms. The lowest BCUT2D eigenvalue weighted by Crippen LogP contribution is -2.35. The lowest BCUT2D eigenvalue weighted by molar-refractivity contribution is -0.115. The fourth-order valence-corrected chi connectivity index (χ4v) is 2.87. The third kappa shape index (κ3) is 5.84. The molecule has 8 nitrogen and oxygen atoms in total. The van der Waals surface area contributed by atoms with Gasteiger partial charge in [0.2, 0.25) is 0 Å². The zero-order valence-electron chi connectivity index (χ0n) is 15.9. The lowest BCUT2D eigenvalue weighted by Gasteiger charge is -2.14. The minimum absolute atomic E-state index is 0.149. The van der Waals surface area contributed by atoms with Gasteiger partial charge in [0.05, 0.1) is 18.2 Å². The summed E-state index contributed by atoms with van der Waals surface area (Å²) in [7, 11) is 0. The number of nitrogens with zero attached hydrogens (tertiary/aromatic N) is 2. The van der Waals surface area contributed by atoms with Gasteiger partial charge >= 0.3 is 6.03 Å².